The second-order valence-electron chi connectivity index (χ2n) is 5.39. The average Bonchev–Trinajstić information content (AvgIpc) is 2.95. The van der Waals surface area contributed by atoms with E-state index in [9.17, 15) is 18.0 Å². The van der Waals surface area contributed by atoms with Crippen molar-refractivity contribution >= 4 is 12.2 Å². The number of nitrogens with one attached hydrogen (secondary N) is 1. The topological polar surface area (TPSA) is 46.9 Å². The molecule has 0 saturated heterocycles. The molecule has 25 heavy (non-hydrogen) atoms. The third-order valence-electron chi connectivity index (χ3n) is 3.80. The van der Waals surface area contributed by atoms with Crippen LogP contribution in [0.15, 0.2) is 54.6 Å². The molecule has 0 bridgehead atoms. The molecule has 7 heteroatoms. The van der Waals surface area contributed by atoms with Gasteiger partial charge < -0.3 is 5.32 Å². The van der Waals surface area contributed by atoms with Crippen molar-refractivity contribution in [3.05, 3.63) is 60.2 Å². The number of alkyl halides is 3. The van der Waals surface area contributed by atoms with Crippen LogP contribution < -0.4 is 5.32 Å². The molecule has 4 nitrogen and oxygen atoms in total. The predicted octanol–water partition coefficient (Wildman–Crippen LogP) is 4.34. The largest absolute Gasteiger partial charge is 0.417 e. The number of anilines is 1. The zero-order valence-electron chi connectivity index (χ0n) is 13.2. The van der Waals surface area contributed by atoms with Crippen molar-refractivity contribution in [2.45, 2.75) is 6.18 Å². The summed E-state index contributed by atoms with van der Waals surface area (Å²) in [6.07, 6.45) is -4.12. The first kappa shape index (κ1) is 16.8. The summed E-state index contributed by atoms with van der Waals surface area (Å²) in [5.41, 5.74) is 0.0980. The fourth-order valence-electron chi connectivity index (χ4n) is 2.78. The lowest BCUT2D eigenvalue weighted by molar-refractivity contribution is -0.136. The number of halogens is 3. The van der Waals surface area contributed by atoms with Gasteiger partial charge in [-0.2, -0.15) is 18.3 Å². The van der Waals surface area contributed by atoms with E-state index in [1.54, 1.807) is 36.4 Å². The number of aryl methyl sites for hydroxylation is 1. The number of amides is 1. The molecular formula is C18H14F3N3O. The van der Waals surface area contributed by atoms with E-state index < -0.39 is 11.7 Å². The van der Waals surface area contributed by atoms with Gasteiger partial charge in [0.05, 0.1) is 11.3 Å². The smallest absolute Gasteiger partial charge is 0.312 e. The molecule has 0 aliphatic heterocycles. The van der Waals surface area contributed by atoms with Crippen LogP contribution in [0.4, 0.5) is 19.0 Å². The Balaban J connectivity index is 2.26. The Labute approximate surface area is 141 Å². The molecule has 128 valence electrons. The van der Waals surface area contributed by atoms with Gasteiger partial charge in [0, 0.05) is 18.7 Å². The van der Waals surface area contributed by atoms with Gasteiger partial charge in [0.2, 0.25) is 6.41 Å². The maximum Gasteiger partial charge on any atom is 0.417 e. The minimum absolute atomic E-state index is 0.00259. The van der Waals surface area contributed by atoms with Gasteiger partial charge >= 0.3 is 6.18 Å². The van der Waals surface area contributed by atoms with Crippen molar-refractivity contribution in [1.82, 2.24) is 9.78 Å². The normalized spacial score (nSPS) is 11.4. The van der Waals surface area contributed by atoms with Gasteiger partial charge in [0.25, 0.3) is 0 Å². The highest BCUT2D eigenvalue weighted by molar-refractivity contribution is 5.80. The Morgan fingerprint density at radius 3 is 2.36 bits per heavy atom. The van der Waals surface area contributed by atoms with Crippen molar-refractivity contribution in [2.75, 3.05) is 5.32 Å². The molecule has 3 rings (SSSR count). The van der Waals surface area contributed by atoms with Crippen LogP contribution in [0.3, 0.4) is 0 Å². The maximum atomic E-state index is 13.9. The van der Waals surface area contributed by atoms with E-state index in [2.05, 4.69) is 10.4 Å². The zero-order valence-corrected chi connectivity index (χ0v) is 13.2. The highest BCUT2D eigenvalue weighted by Crippen LogP contribution is 2.43. The lowest BCUT2D eigenvalue weighted by Gasteiger charge is -2.17. The van der Waals surface area contributed by atoms with Crippen LogP contribution in [-0.4, -0.2) is 16.2 Å². The van der Waals surface area contributed by atoms with Crippen LogP contribution in [0.1, 0.15) is 5.56 Å². The van der Waals surface area contributed by atoms with E-state index in [4.69, 9.17) is 0 Å². The number of carbonyl (C=O) groups is 1. The van der Waals surface area contributed by atoms with Gasteiger partial charge in [-0.15, -0.1) is 0 Å². The molecule has 0 unspecified atom stereocenters. The highest BCUT2D eigenvalue weighted by atomic mass is 19.4. The predicted molar refractivity (Wildman–Crippen MR) is 88.8 cm³/mol. The summed E-state index contributed by atoms with van der Waals surface area (Å²) in [5, 5.41) is 6.36. The zero-order chi connectivity index (χ0) is 18.0. The summed E-state index contributed by atoms with van der Waals surface area (Å²) in [6.45, 7) is 0. The summed E-state index contributed by atoms with van der Waals surface area (Å²) >= 11 is 0. The summed E-state index contributed by atoms with van der Waals surface area (Å²) in [5.74, 6) is 0.186. The van der Waals surface area contributed by atoms with E-state index in [-0.39, 0.29) is 22.6 Å². The van der Waals surface area contributed by atoms with Crippen LogP contribution in [0.2, 0.25) is 0 Å². The Morgan fingerprint density at radius 1 is 1.04 bits per heavy atom. The van der Waals surface area contributed by atoms with Gasteiger partial charge in [-0.3, -0.25) is 9.48 Å². The fourth-order valence-corrected chi connectivity index (χ4v) is 2.78. The van der Waals surface area contributed by atoms with Crippen LogP contribution in [-0.2, 0) is 18.0 Å². The number of benzene rings is 2. The van der Waals surface area contributed by atoms with Crippen LogP contribution in [0.5, 0.6) is 0 Å². The van der Waals surface area contributed by atoms with Crippen LogP contribution in [0, 0.1) is 0 Å². The number of carbonyl (C=O) groups excluding carboxylic acids is 1. The van der Waals surface area contributed by atoms with Gasteiger partial charge in [0.1, 0.15) is 0 Å². The Bertz CT molecular complexity index is 902. The molecule has 1 aromatic heterocycles. The van der Waals surface area contributed by atoms with Crippen molar-refractivity contribution in [2.24, 2.45) is 7.05 Å². The van der Waals surface area contributed by atoms with Crippen molar-refractivity contribution in [3.8, 4) is 22.4 Å². The minimum atomic E-state index is -4.55. The third kappa shape index (κ3) is 3.26. The molecule has 2 aromatic carbocycles. The summed E-state index contributed by atoms with van der Waals surface area (Å²) in [7, 11) is 1.53. The first-order valence-electron chi connectivity index (χ1n) is 7.42. The number of nitrogens with zero attached hydrogens (tertiary/aromatic N) is 2. The molecule has 0 aliphatic carbocycles. The quantitative estimate of drug-likeness (QED) is 0.715. The minimum Gasteiger partial charge on any atom is -0.312 e. The SMILES string of the molecule is Cn1nc(NC=O)cc1-c1cccc(-c2ccccc2)c1C(F)(F)F. The molecule has 0 fully saturated rings. The molecule has 1 N–H and O–H groups in total. The molecule has 0 saturated carbocycles. The summed E-state index contributed by atoms with van der Waals surface area (Å²) < 4.78 is 42.9. The molecular weight excluding hydrogens is 331 g/mol. The van der Waals surface area contributed by atoms with Gasteiger partial charge in [-0.05, 0) is 11.1 Å². The van der Waals surface area contributed by atoms with Gasteiger partial charge in [0.15, 0.2) is 5.82 Å². The first-order valence-corrected chi connectivity index (χ1v) is 7.42. The number of aromatic nitrogens is 2. The number of hydrogen-bond donors (Lipinski definition) is 1. The monoisotopic (exact) mass is 345 g/mol. The molecule has 1 amide bonds. The second-order valence-corrected chi connectivity index (χ2v) is 5.39. The van der Waals surface area contributed by atoms with E-state index in [1.165, 1.54) is 29.9 Å². The van der Waals surface area contributed by atoms with E-state index >= 15 is 0 Å². The Morgan fingerprint density at radius 2 is 1.72 bits per heavy atom. The maximum absolute atomic E-state index is 13.9. The highest BCUT2D eigenvalue weighted by Gasteiger charge is 2.37. The molecule has 1 heterocycles. The van der Waals surface area contributed by atoms with Crippen molar-refractivity contribution in [3.63, 3.8) is 0 Å². The number of rotatable bonds is 4. The lowest BCUT2D eigenvalue weighted by Crippen LogP contribution is -2.10. The van der Waals surface area contributed by atoms with Crippen LogP contribution in [0.25, 0.3) is 22.4 Å². The van der Waals surface area contributed by atoms with E-state index in [0.29, 0.717) is 12.0 Å². The molecule has 0 aliphatic rings. The lowest BCUT2D eigenvalue weighted by atomic mass is 9.93. The standard InChI is InChI=1S/C18H14F3N3O/c1-24-15(10-16(23-24)22-11-25)14-9-5-8-13(17(14)18(19,20)21)12-6-3-2-4-7-12/h2-11H,1H3,(H,22,23,25). The van der Waals surface area contributed by atoms with Gasteiger partial charge in [-0.1, -0.05) is 48.5 Å². The van der Waals surface area contributed by atoms with Crippen LogP contribution >= 0.6 is 0 Å². The third-order valence-corrected chi connectivity index (χ3v) is 3.80. The Hall–Kier alpha value is -3.09. The molecule has 3 aromatic rings. The fraction of sp³-hybridized carbons (Fsp3) is 0.111. The molecule has 0 spiro atoms. The first-order chi connectivity index (χ1) is 11.9. The van der Waals surface area contributed by atoms with Gasteiger partial charge in [-0.25, -0.2) is 0 Å². The Kier molecular flexibility index (Phi) is 4.31. The average molecular weight is 345 g/mol. The van der Waals surface area contributed by atoms with Crippen molar-refractivity contribution in [1.29, 1.82) is 0 Å². The molecule has 0 radical (unpaired) electrons. The summed E-state index contributed by atoms with van der Waals surface area (Å²) in [6, 6.07) is 14.2. The summed E-state index contributed by atoms with van der Waals surface area (Å²) in [4.78, 5) is 10.6. The van der Waals surface area contributed by atoms with Crippen molar-refractivity contribution < 1.29 is 18.0 Å². The number of hydrogen-bond acceptors (Lipinski definition) is 2. The van der Waals surface area contributed by atoms with E-state index in [0.717, 1.165) is 0 Å². The second kappa shape index (κ2) is 6.43. The molecule has 0 atom stereocenters. The van der Waals surface area contributed by atoms with E-state index in [1.807, 2.05) is 0 Å².